The van der Waals surface area contributed by atoms with Crippen LogP contribution in [0, 0.1) is 0 Å². The first-order valence-electron chi connectivity index (χ1n) is 13.0. The number of carbonyl (C=O) groups is 3. The molecular weight excluding hydrogens is 450 g/mol. The zero-order chi connectivity index (χ0) is 25.1. The molecule has 6 nitrogen and oxygen atoms in total. The fourth-order valence-corrected chi connectivity index (χ4v) is 5.50. The van der Waals surface area contributed by atoms with Gasteiger partial charge in [-0.15, -0.1) is 0 Å². The molecule has 1 heterocycles. The quantitative estimate of drug-likeness (QED) is 0.505. The van der Waals surface area contributed by atoms with Crippen LogP contribution >= 0.6 is 0 Å². The second kappa shape index (κ2) is 10.5. The highest BCUT2D eigenvalue weighted by Crippen LogP contribution is 2.37. The van der Waals surface area contributed by atoms with Crippen molar-refractivity contribution < 1.29 is 14.4 Å². The van der Waals surface area contributed by atoms with E-state index < -0.39 is 6.04 Å². The molecule has 1 atom stereocenters. The van der Waals surface area contributed by atoms with Crippen LogP contribution in [0.1, 0.15) is 54.9 Å². The fraction of sp³-hybridized carbons (Fsp3) is 0.367. The molecule has 6 heteroatoms. The predicted octanol–water partition coefficient (Wildman–Crippen LogP) is 4.71. The Balaban J connectivity index is 1.35. The van der Waals surface area contributed by atoms with Gasteiger partial charge in [0, 0.05) is 23.5 Å². The minimum atomic E-state index is -0.626. The smallest absolute Gasteiger partial charge is 0.259 e. The zero-order valence-corrected chi connectivity index (χ0v) is 20.8. The maximum Gasteiger partial charge on any atom is 0.259 e. The van der Waals surface area contributed by atoms with Gasteiger partial charge in [-0.25, -0.2) is 0 Å². The van der Waals surface area contributed by atoms with E-state index in [1.165, 1.54) is 6.42 Å². The van der Waals surface area contributed by atoms with Crippen LogP contribution in [-0.4, -0.2) is 47.8 Å². The minimum absolute atomic E-state index is 0.0948. The van der Waals surface area contributed by atoms with Crippen LogP contribution in [-0.2, 0) is 16.0 Å². The molecule has 1 fully saturated rings. The Morgan fingerprint density at radius 2 is 1.69 bits per heavy atom. The molecule has 0 radical (unpaired) electrons. The maximum absolute atomic E-state index is 13.7. The van der Waals surface area contributed by atoms with Gasteiger partial charge in [-0.3, -0.25) is 19.3 Å². The molecule has 0 spiro atoms. The molecule has 1 N–H and O–H groups in total. The van der Waals surface area contributed by atoms with Gasteiger partial charge in [-0.1, -0.05) is 73.9 Å². The van der Waals surface area contributed by atoms with Gasteiger partial charge in [0.15, 0.2) is 0 Å². The average molecular weight is 484 g/mol. The number of anilines is 1. The number of hydrogen-bond donors (Lipinski definition) is 1. The summed E-state index contributed by atoms with van der Waals surface area (Å²) < 4.78 is 0. The van der Waals surface area contributed by atoms with Gasteiger partial charge in [0.25, 0.3) is 5.91 Å². The van der Waals surface area contributed by atoms with Crippen molar-refractivity contribution in [3.8, 4) is 0 Å². The van der Waals surface area contributed by atoms with E-state index in [4.69, 9.17) is 0 Å². The number of carbonyl (C=O) groups excluding carboxylic acids is 3. The summed E-state index contributed by atoms with van der Waals surface area (Å²) in [5.74, 6) is -0.519. The molecule has 1 aliphatic heterocycles. The lowest BCUT2D eigenvalue weighted by Gasteiger charge is -2.32. The molecule has 186 valence electrons. The summed E-state index contributed by atoms with van der Waals surface area (Å²) in [6.45, 7) is 2.10. The van der Waals surface area contributed by atoms with Crippen molar-refractivity contribution in [2.45, 2.75) is 57.5 Å². The highest BCUT2D eigenvalue weighted by atomic mass is 16.2. The van der Waals surface area contributed by atoms with Crippen LogP contribution in [0.4, 0.5) is 5.69 Å². The van der Waals surface area contributed by atoms with Gasteiger partial charge in [0.1, 0.15) is 12.6 Å². The van der Waals surface area contributed by atoms with Gasteiger partial charge in [0.05, 0.1) is 5.69 Å². The van der Waals surface area contributed by atoms with E-state index in [-0.39, 0.29) is 30.3 Å². The summed E-state index contributed by atoms with van der Waals surface area (Å²) in [6, 6.07) is 20.9. The lowest BCUT2D eigenvalue weighted by Crippen LogP contribution is -2.53. The lowest BCUT2D eigenvalue weighted by molar-refractivity contribution is -0.139. The molecule has 3 amide bonds. The molecule has 5 rings (SSSR count). The van der Waals surface area contributed by atoms with E-state index in [1.54, 1.807) is 16.7 Å². The van der Waals surface area contributed by atoms with Crippen molar-refractivity contribution in [1.82, 2.24) is 10.2 Å². The van der Waals surface area contributed by atoms with Crippen molar-refractivity contribution in [1.29, 1.82) is 0 Å². The standard InChI is InChI=1S/C30H33N3O3/c1-21(29(35)31-24-14-6-3-7-15-24)32(19-18-22-10-4-2-5-11-22)27(34)20-33-26-17-9-13-23-12-8-16-25(28(23)26)30(33)36/h2,4-5,8-13,16-17,21,24H,3,6-7,14-15,18-20H2,1H3,(H,31,35). The van der Waals surface area contributed by atoms with Crippen LogP contribution in [0.5, 0.6) is 0 Å². The second-order valence-corrected chi connectivity index (χ2v) is 9.91. The predicted molar refractivity (Wildman–Crippen MR) is 142 cm³/mol. The van der Waals surface area contributed by atoms with Crippen molar-refractivity contribution in [2.24, 2.45) is 0 Å². The Morgan fingerprint density at radius 3 is 2.44 bits per heavy atom. The number of benzene rings is 3. The fourth-order valence-electron chi connectivity index (χ4n) is 5.50. The van der Waals surface area contributed by atoms with Crippen molar-refractivity contribution in [3.63, 3.8) is 0 Å². The normalized spacial score (nSPS) is 16.2. The third-order valence-electron chi connectivity index (χ3n) is 7.55. The van der Waals surface area contributed by atoms with Crippen molar-refractivity contribution >= 4 is 34.2 Å². The molecule has 0 saturated heterocycles. The summed E-state index contributed by atoms with van der Waals surface area (Å²) in [4.78, 5) is 43.4. The van der Waals surface area contributed by atoms with Crippen LogP contribution in [0.3, 0.4) is 0 Å². The van der Waals surface area contributed by atoms with Crippen molar-refractivity contribution in [3.05, 3.63) is 77.9 Å². The molecule has 2 aliphatic rings. The third-order valence-corrected chi connectivity index (χ3v) is 7.55. The highest BCUT2D eigenvalue weighted by molar-refractivity contribution is 6.26. The molecule has 1 unspecified atom stereocenters. The molecule has 1 aliphatic carbocycles. The monoisotopic (exact) mass is 483 g/mol. The van der Waals surface area contributed by atoms with E-state index in [0.717, 1.165) is 47.7 Å². The van der Waals surface area contributed by atoms with Crippen LogP contribution in [0.2, 0.25) is 0 Å². The molecule has 3 aromatic rings. The maximum atomic E-state index is 13.7. The van der Waals surface area contributed by atoms with E-state index >= 15 is 0 Å². The SMILES string of the molecule is CC(C(=O)NC1CCCCC1)N(CCc1ccccc1)C(=O)CN1C(=O)c2cccc3cccc1c23. The molecule has 0 aromatic heterocycles. The number of nitrogens with one attached hydrogen (secondary N) is 1. The lowest BCUT2D eigenvalue weighted by atomic mass is 9.95. The molecule has 1 saturated carbocycles. The topological polar surface area (TPSA) is 69.7 Å². The second-order valence-electron chi connectivity index (χ2n) is 9.91. The number of nitrogens with zero attached hydrogens (tertiary/aromatic N) is 2. The summed E-state index contributed by atoms with van der Waals surface area (Å²) in [5, 5.41) is 5.04. The van der Waals surface area contributed by atoms with E-state index in [0.29, 0.717) is 18.5 Å². The minimum Gasteiger partial charge on any atom is -0.352 e. The molecular formula is C30H33N3O3. The Kier molecular flexibility index (Phi) is 7.03. The van der Waals surface area contributed by atoms with Crippen LogP contribution in [0.15, 0.2) is 66.7 Å². The third kappa shape index (κ3) is 4.85. The van der Waals surface area contributed by atoms with Crippen LogP contribution in [0.25, 0.3) is 10.8 Å². The molecule has 3 aromatic carbocycles. The van der Waals surface area contributed by atoms with Gasteiger partial charge < -0.3 is 10.2 Å². The van der Waals surface area contributed by atoms with Gasteiger partial charge >= 0.3 is 0 Å². The molecule has 0 bridgehead atoms. The van der Waals surface area contributed by atoms with Crippen molar-refractivity contribution in [2.75, 3.05) is 18.0 Å². The van der Waals surface area contributed by atoms with Gasteiger partial charge in [-0.2, -0.15) is 0 Å². The first-order valence-corrected chi connectivity index (χ1v) is 13.0. The average Bonchev–Trinajstić information content (AvgIpc) is 3.18. The number of hydrogen-bond acceptors (Lipinski definition) is 3. The molecule has 36 heavy (non-hydrogen) atoms. The zero-order valence-electron chi connectivity index (χ0n) is 20.8. The first kappa shape index (κ1) is 24.0. The van der Waals surface area contributed by atoms with Crippen LogP contribution < -0.4 is 10.2 Å². The Bertz CT molecular complexity index is 1260. The Morgan fingerprint density at radius 1 is 0.972 bits per heavy atom. The largest absolute Gasteiger partial charge is 0.352 e. The Hall–Kier alpha value is -3.67. The number of rotatable bonds is 8. The van der Waals surface area contributed by atoms with Gasteiger partial charge in [0.2, 0.25) is 11.8 Å². The summed E-state index contributed by atoms with van der Waals surface area (Å²) in [7, 11) is 0. The Labute approximate surface area is 212 Å². The number of amides is 3. The summed E-state index contributed by atoms with van der Waals surface area (Å²) in [6.07, 6.45) is 6.07. The van der Waals surface area contributed by atoms with E-state index in [2.05, 4.69) is 5.32 Å². The summed E-state index contributed by atoms with van der Waals surface area (Å²) >= 11 is 0. The van der Waals surface area contributed by atoms with E-state index in [1.807, 2.05) is 66.7 Å². The van der Waals surface area contributed by atoms with Gasteiger partial charge in [-0.05, 0) is 49.3 Å². The summed E-state index contributed by atoms with van der Waals surface area (Å²) in [5.41, 5.74) is 2.48. The highest BCUT2D eigenvalue weighted by Gasteiger charge is 2.34. The van der Waals surface area contributed by atoms with E-state index in [9.17, 15) is 14.4 Å². The first-order chi connectivity index (χ1) is 17.5.